The van der Waals surface area contributed by atoms with Gasteiger partial charge in [-0.3, -0.25) is 0 Å². The van der Waals surface area contributed by atoms with Crippen molar-refractivity contribution in [3.8, 4) is 0 Å². The Balaban J connectivity index is 3.33. The molecule has 0 bridgehead atoms. The monoisotopic (exact) mass is 287 g/mol. The number of likely N-dealkylation sites (N-methyl/N-ethyl adjacent to an activating group) is 1. The van der Waals surface area contributed by atoms with Crippen LogP contribution in [0.15, 0.2) is 29.2 Å². The number of hydrogen-bond acceptors (Lipinski definition) is 5. The van der Waals surface area contributed by atoms with Crippen LogP contribution in [0.25, 0.3) is 0 Å². The van der Waals surface area contributed by atoms with Crippen LogP contribution in [0.5, 0.6) is 0 Å². The number of methoxy groups -OCH3 is 1. The predicted octanol–water partition coefficient (Wildman–Crippen LogP) is 0.474. The Hall–Kier alpha value is -1.44. The fourth-order valence-corrected chi connectivity index (χ4v) is 3.01. The van der Waals surface area contributed by atoms with Gasteiger partial charge >= 0.3 is 5.97 Å². The van der Waals surface area contributed by atoms with Crippen molar-refractivity contribution in [3.05, 3.63) is 29.8 Å². The molecule has 0 heterocycles. The van der Waals surface area contributed by atoms with Crippen LogP contribution in [0.3, 0.4) is 0 Å². The Kier molecular flexibility index (Phi) is 5.04. The summed E-state index contributed by atoms with van der Waals surface area (Å²) in [5, 5.41) is 9.04. The van der Waals surface area contributed by atoms with Crippen molar-refractivity contribution in [2.75, 3.05) is 20.8 Å². The molecular formula is C12H17NO5S. The summed E-state index contributed by atoms with van der Waals surface area (Å²) >= 11 is 0. The van der Waals surface area contributed by atoms with Crippen LogP contribution in [0, 0.1) is 0 Å². The molecule has 0 aliphatic rings. The third kappa shape index (κ3) is 3.12. The summed E-state index contributed by atoms with van der Waals surface area (Å²) in [4.78, 5) is 11.5. The molecule has 0 aromatic heterocycles. The molecule has 1 rings (SSSR count). The molecule has 0 saturated carbocycles. The van der Waals surface area contributed by atoms with Crippen LogP contribution in [-0.2, 0) is 14.8 Å². The first-order valence-corrected chi connectivity index (χ1v) is 7.06. The molecule has 1 aromatic carbocycles. The molecule has 0 spiro atoms. The van der Waals surface area contributed by atoms with E-state index >= 15 is 0 Å². The number of benzene rings is 1. The summed E-state index contributed by atoms with van der Waals surface area (Å²) in [6, 6.07) is 5.21. The van der Waals surface area contributed by atoms with Crippen LogP contribution in [0.2, 0.25) is 0 Å². The van der Waals surface area contributed by atoms with Gasteiger partial charge in [-0.05, 0) is 19.1 Å². The molecule has 0 aliphatic carbocycles. The van der Waals surface area contributed by atoms with Crippen LogP contribution in [0.1, 0.15) is 17.3 Å². The minimum atomic E-state index is -3.86. The summed E-state index contributed by atoms with van der Waals surface area (Å²) in [7, 11) is -1.33. The van der Waals surface area contributed by atoms with E-state index in [1.54, 1.807) is 13.0 Å². The fourth-order valence-electron chi connectivity index (χ4n) is 1.48. The first kappa shape index (κ1) is 15.6. The number of ether oxygens (including phenoxy) is 1. The average Bonchev–Trinajstić information content (AvgIpc) is 2.44. The van der Waals surface area contributed by atoms with E-state index in [0.717, 1.165) is 4.31 Å². The summed E-state index contributed by atoms with van der Waals surface area (Å²) in [6.07, 6.45) is 0. The lowest BCUT2D eigenvalue weighted by atomic mass is 10.2. The van der Waals surface area contributed by atoms with Crippen molar-refractivity contribution < 1.29 is 23.1 Å². The molecule has 7 heteroatoms. The number of aliphatic hydroxyl groups excluding tert-OH is 1. The van der Waals surface area contributed by atoms with Gasteiger partial charge in [-0.1, -0.05) is 12.1 Å². The Labute approximate surface area is 112 Å². The fraction of sp³-hybridized carbons (Fsp3) is 0.417. The highest BCUT2D eigenvalue weighted by molar-refractivity contribution is 7.89. The Morgan fingerprint density at radius 1 is 1.42 bits per heavy atom. The zero-order valence-electron chi connectivity index (χ0n) is 11.0. The Morgan fingerprint density at radius 3 is 2.53 bits per heavy atom. The molecule has 0 saturated heterocycles. The lowest BCUT2D eigenvalue weighted by Crippen LogP contribution is -2.37. The van der Waals surface area contributed by atoms with E-state index in [-0.39, 0.29) is 17.1 Å². The van der Waals surface area contributed by atoms with E-state index in [0.29, 0.717) is 0 Å². The predicted molar refractivity (Wildman–Crippen MR) is 69.3 cm³/mol. The molecule has 1 atom stereocenters. The lowest BCUT2D eigenvalue weighted by Gasteiger charge is -2.23. The third-order valence-electron chi connectivity index (χ3n) is 2.83. The van der Waals surface area contributed by atoms with Crippen molar-refractivity contribution in [2.24, 2.45) is 0 Å². The van der Waals surface area contributed by atoms with Crippen LogP contribution < -0.4 is 0 Å². The van der Waals surface area contributed by atoms with Crippen molar-refractivity contribution in [2.45, 2.75) is 17.9 Å². The minimum absolute atomic E-state index is 0.0259. The second-order valence-electron chi connectivity index (χ2n) is 4.04. The van der Waals surface area contributed by atoms with Gasteiger partial charge in [0.05, 0.1) is 24.2 Å². The van der Waals surface area contributed by atoms with Crippen LogP contribution >= 0.6 is 0 Å². The molecule has 0 fully saturated rings. The number of rotatable bonds is 5. The number of esters is 1. The second-order valence-corrected chi connectivity index (χ2v) is 6.01. The first-order chi connectivity index (χ1) is 8.86. The molecule has 1 unspecified atom stereocenters. The van der Waals surface area contributed by atoms with E-state index in [2.05, 4.69) is 4.74 Å². The molecule has 0 aliphatic heterocycles. The van der Waals surface area contributed by atoms with Gasteiger partial charge in [-0.2, -0.15) is 4.31 Å². The number of hydrogen-bond donors (Lipinski definition) is 1. The van der Waals surface area contributed by atoms with Crippen molar-refractivity contribution in [1.82, 2.24) is 4.31 Å². The number of carbonyl (C=O) groups is 1. The lowest BCUT2D eigenvalue weighted by molar-refractivity contribution is 0.0596. The molecule has 0 amide bonds. The second kappa shape index (κ2) is 6.14. The molecule has 19 heavy (non-hydrogen) atoms. The van der Waals surface area contributed by atoms with Gasteiger partial charge in [0, 0.05) is 13.1 Å². The van der Waals surface area contributed by atoms with Gasteiger partial charge < -0.3 is 9.84 Å². The van der Waals surface area contributed by atoms with E-state index < -0.39 is 22.0 Å². The van der Waals surface area contributed by atoms with Gasteiger partial charge in [-0.15, -0.1) is 0 Å². The highest BCUT2D eigenvalue weighted by Crippen LogP contribution is 2.21. The zero-order valence-corrected chi connectivity index (χ0v) is 11.8. The van der Waals surface area contributed by atoms with Gasteiger partial charge in [-0.25, -0.2) is 13.2 Å². The zero-order chi connectivity index (χ0) is 14.6. The normalized spacial score (nSPS) is 13.3. The van der Waals surface area contributed by atoms with Gasteiger partial charge in [0.25, 0.3) is 0 Å². The number of sulfonamides is 1. The number of nitrogens with zero attached hydrogens (tertiary/aromatic N) is 1. The molecule has 106 valence electrons. The Morgan fingerprint density at radius 2 is 2.00 bits per heavy atom. The van der Waals surface area contributed by atoms with E-state index in [1.165, 1.54) is 32.4 Å². The average molecular weight is 287 g/mol. The van der Waals surface area contributed by atoms with Crippen molar-refractivity contribution >= 4 is 16.0 Å². The van der Waals surface area contributed by atoms with Gasteiger partial charge in [0.15, 0.2) is 0 Å². The maximum absolute atomic E-state index is 12.4. The van der Waals surface area contributed by atoms with Crippen molar-refractivity contribution in [1.29, 1.82) is 0 Å². The smallest absolute Gasteiger partial charge is 0.339 e. The standard InChI is InChI=1S/C12H17NO5S/c1-9(8-14)13(2)19(16,17)11-7-5-4-6-10(11)12(15)18-3/h4-7,9,14H,8H2,1-3H3. The number of carbonyl (C=O) groups excluding carboxylic acids is 1. The highest BCUT2D eigenvalue weighted by atomic mass is 32.2. The van der Waals surface area contributed by atoms with Crippen LogP contribution in [0.4, 0.5) is 0 Å². The summed E-state index contributed by atoms with van der Waals surface area (Å²) in [5.41, 5.74) is -0.0259. The third-order valence-corrected chi connectivity index (χ3v) is 4.86. The summed E-state index contributed by atoms with van der Waals surface area (Å²) in [5.74, 6) is -0.718. The van der Waals surface area contributed by atoms with Crippen LogP contribution in [-0.4, -0.2) is 50.6 Å². The molecule has 1 N–H and O–H groups in total. The topological polar surface area (TPSA) is 83.9 Å². The molecular weight excluding hydrogens is 270 g/mol. The number of aliphatic hydroxyl groups is 1. The SMILES string of the molecule is COC(=O)c1ccccc1S(=O)(=O)N(C)C(C)CO. The van der Waals surface area contributed by atoms with Crippen molar-refractivity contribution in [3.63, 3.8) is 0 Å². The van der Waals surface area contributed by atoms with E-state index in [1.807, 2.05) is 0 Å². The van der Waals surface area contributed by atoms with E-state index in [9.17, 15) is 13.2 Å². The maximum Gasteiger partial charge on any atom is 0.339 e. The highest BCUT2D eigenvalue weighted by Gasteiger charge is 2.29. The van der Waals surface area contributed by atoms with Gasteiger partial charge in [0.1, 0.15) is 0 Å². The molecule has 1 aromatic rings. The first-order valence-electron chi connectivity index (χ1n) is 5.62. The Bertz CT molecular complexity index is 555. The molecule has 6 nitrogen and oxygen atoms in total. The quantitative estimate of drug-likeness (QED) is 0.796. The van der Waals surface area contributed by atoms with E-state index in [4.69, 9.17) is 5.11 Å². The maximum atomic E-state index is 12.4. The summed E-state index contributed by atoms with van der Waals surface area (Å²) < 4.78 is 30.4. The summed E-state index contributed by atoms with van der Waals surface area (Å²) in [6.45, 7) is 1.26. The molecule has 0 radical (unpaired) electrons. The van der Waals surface area contributed by atoms with Gasteiger partial charge in [0.2, 0.25) is 10.0 Å². The largest absolute Gasteiger partial charge is 0.465 e. The minimum Gasteiger partial charge on any atom is -0.465 e.